The molecule has 0 saturated heterocycles. The summed E-state index contributed by atoms with van der Waals surface area (Å²) in [6.07, 6.45) is 1.44. The Kier molecular flexibility index (Phi) is 3.41. The predicted octanol–water partition coefficient (Wildman–Crippen LogP) is 2.50. The van der Waals surface area contributed by atoms with Crippen LogP contribution >= 0.6 is 0 Å². The molecule has 5 heteroatoms. The quantitative estimate of drug-likeness (QED) is 0.784. The molecule has 18 heavy (non-hydrogen) atoms. The highest BCUT2D eigenvalue weighted by Crippen LogP contribution is 2.17. The maximum atomic E-state index is 13.7. The Hall–Kier alpha value is -2.17. The number of hydrogen-bond donors (Lipinski definition) is 0. The monoisotopic (exact) mass is 248 g/mol. The van der Waals surface area contributed by atoms with Crippen molar-refractivity contribution in [3.8, 4) is 5.69 Å². The smallest absolute Gasteiger partial charge is 0.357 e. The molecule has 0 amide bonds. The number of aryl methyl sites for hydroxylation is 1. The number of carbonyl (C=O) groups excluding carboxylic acids is 1. The van der Waals surface area contributed by atoms with Crippen molar-refractivity contribution in [1.29, 1.82) is 0 Å². The molecule has 0 N–H and O–H groups in total. The third-order valence-corrected chi connectivity index (χ3v) is 2.46. The van der Waals surface area contributed by atoms with E-state index in [0.29, 0.717) is 0 Å². The second-order valence-corrected chi connectivity index (χ2v) is 3.80. The van der Waals surface area contributed by atoms with E-state index in [1.165, 1.54) is 23.0 Å². The SMILES string of the molecule is CCOC(=O)c1ccnn1-c1cc(C)ccc1F. The first-order valence-corrected chi connectivity index (χ1v) is 5.61. The van der Waals surface area contributed by atoms with E-state index in [0.717, 1.165) is 5.56 Å². The molecule has 0 atom stereocenters. The fourth-order valence-electron chi connectivity index (χ4n) is 1.64. The first kappa shape index (κ1) is 12.3. The molecule has 0 aliphatic rings. The van der Waals surface area contributed by atoms with Gasteiger partial charge in [-0.1, -0.05) is 6.07 Å². The first-order chi connectivity index (χ1) is 8.63. The van der Waals surface area contributed by atoms with Crippen molar-refractivity contribution in [3.05, 3.63) is 47.5 Å². The number of carbonyl (C=O) groups is 1. The number of halogens is 1. The molecule has 0 fully saturated rings. The Morgan fingerprint density at radius 1 is 1.44 bits per heavy atom. The predicted molar refractivity (Wildman–Crippen MR) is 64.2 cm³/mol. The third-order valence-electron chi connectivity index (χ3n) is 2.46. The van der Waals surface area contributed by atoms with Crippen LogP contribution in [0.25, 0.3) is 5.69 Å². The lowest BCUT2D eigenvalue weighted by atomic mass is 10.2. The summed E-state index contributed by atoms with van der Waals surface area (Å²) in [6, 6.07) is 6.14. The normalized spacial score (nSPS) is 10.4. The number of ether oxygens (including phenoxy) is 1. The summed E-state index contributed by atoms with van der Waals surface area (Å²) in [4.78, 5) is 11.7. The van der Waals surface area contributed by atoms with Crippen LogP contribution in [0.15, 0.2) is 30.5 Å². The van der Waals surface area contributed by atoms with E-state index in [-0.39, 0.29) is 18.0 Å². The van der Waals surface area contributed by atoms with Gasteiger partial charge in [-0.2, -0.15) is 5.10 Å². The fourth-order valence-corrected chi connectivity index (χ4v) is 1.64. The molecule has 2 rings (SSSR count). The van der Waals surface area contributed by atoms with Crippen LogP contribution < -0.4 is 0 Å². The van der Waals surface area contributed by atoms with Crippen LogP contribution in [0.3, 0.4) is 0 Å². The molecule has 1 aromatic heterocycles. The Morgan fingerprint density at radius 3 is 2.94 bits per heavy atom. The topological polar surface area (TPSA) is 44.1 Å². The summed E-state index contributed by atoms with van der Waals surface area (Å²) in [5.74, 6) is -0.953. The van der Waals surface area contributed by atoms with E-state index in [9.17, 15) is 9.18 Å². The van der Waals surface area contributed by atoms with Gasteiger partial charge in [0.1, 0.15) is 11.5 Å². The van der Waals surface area contributed by atoms with Crippen molar-refractivity contribution in [2.45, 2.75) is 13.8 Å². The van der Waals surface area contributed by atoms with Crippen molar-refractivity contribution >= 4 is 5.97 Å². The summed E-state index contributed by atoms with van der Waals surface area (Å²) >= 11 is 0. The van der Waals surface area contributed by atoms with Crippen LogP contribution in [-0.4, -0.2) is 22.4 Å². The molecule has 1 heterocycles. The molecule has 4 nitrogen and oxygen atoms in total. The zero-order chi connectivity index (χ0) is 13.1. The molecule has 0 bridgehead atoms. The number of rotatable bonds is 3. The minimum Gasteiger partial charge on any atom is -0.461 e. The number of esters is 1. The van der Waals surface area contributed by atoms with Gasteiger partial charge in [-0.05, 0) is 37.6 Å². The van der Waals surface area contributed by atoms with Gasteiger partial charge in [0.2, 0.25) is 0 Å². The van der Waals surface area contributed by atoms with E-state index in [1.807, 2.05) is 6.92 Å². The van der Waals surface area contributed by atoms with E-state index >= 15 is 0 Å². The van der Waals surface area contributed by atoms with Crippen LogP contribution in [-0.2, 0) is 4.74 Å². The van der Waals surface area contributed by atoms with Gasteiger partial charge in [0, 0.05) is 0 Å². The summed E-state index contributed by atoms with van der Waals surface area (Å²) in [6.45, 7) is 3.82. The van der Waals surface area contributed by atoms with Crippen molar-refractivity contribution in [1.82, 2.24) is 9.78 Å². The van der Waals surface area contributed by atoms with E-state index in [1.54, 1.807) is 19.1 Å². The molecule has 0 spiro atoms. The highest BCUT2D eigenvalue weighted by Gasteiger charge is 2.16. The summed E-state index contributed by atoms with van der Waals surface area (Å²) in [5, 5.41) is 3.97. The highest BCUT2D eigenvalue weighted by molar-refractivity contribution is 5.88. The molecule has 0 aliphatic heterocycles. The fraction of sp³-hybridized carbons (Fsp3) is 0.231. The van der Waals surface area contributed by atoms with Gasteiger partial charge in [-0.25, -0.2) is 13.9 Å². The molecule has 0 radical (unpaired) electrons. The third kappa shape index (κ3) is 2.25. The van der Waals surface area contributed by atoms with Crippen LogP contribution in [0, 0.1) is 12.7 Å². The van der Waals surface area contributed by atoms with Crippen molar-refractivity contribution < 1.29 is 13.9 Å². The maximum absolute atomic E-state index is 13.7. The maximum Gasteiger partial charge on any atom is 0.357 e. The van der Waals surface area contributed by atoms with Gasteiger partial charge in [-0.3, -0.25) is 0 Å². The molecule has 0 aliphatic carbocycles. The van der Waals surface area contributed by atoms with Crippen LogP contribution in [0.1, 0.15) is 23.0 Å². The largest absolute Gasteiger partial charge is 0.461 e. The molecular formula is C13H13FN2O2. The van der Waals surface area contributed by atoms with Gasteiger partial charge < -0.3 is 4.74 Å². The van der Waals surface area contributed by atoms with Gasteiger partial charge in [0.25, 0.3) is 0 Å². The minimum atomic E-state index is -0.518. The second kappa shape index (κ2) is 5.00. The highest BCUT2D eigenvalue weighted by atomic mass is 19.1. The second-order valence-electron chi connectivity index (χ2n) is 3.80. The zero-order valence-electron chi connectivity index (χ0n) is 10.2. The Morgan fingerprint density at radius 2 is 2.22 bits per heavy atom. The molecular weight excluding hydrogens is 235 g/mol. The zero-order valence-corrected chi connectivity index (χ0v) is 10.2. The van der Waals surface area contributed by atoms with E-state index in [2.05, 4.69) is 5.10 Å². The molecule has 1 aromatic carbocycles. The molecule has 94 valence electrons. The standard InChI is InChI=1S/C13H13FN2O2/c1-3-18-13(17)11-6-7-15-16(11)12-8-9(2)4-5-10(12)14/h4-8H,3H2,1-2H3. The number of aromatic nitrogens is 2. The van der Waals surface area contributed by atoms with E-state index < -0.39 is 11.8 Å². The van der Waals surface area contributed by atoms with Crippen LogP contribution in [0.2, 0.25) is 0 Å². The van der Waals surface area contributed by atoms with Crippen molar-refractivity contribution in [3.63, 3.8) is 0 Å². The van der Waals surface area contributed by atoms with Gasteiger partial charge in [0.15, 0.2) is 5.69 Å². The summed E-state index contributed by atoms with van der Waals surface area (Å²) < 4.78 is 19.9. The molecule has 2 aromatic rings. The van der Waals surface area contributed by atoms with E-state index in [4.69, 9.17) is 4.74 Å². The summed E-state index contributed by atoms with van der Waals surface area (Å²) in [7, 11) is 0. The average Bonchev–Trinajstić information content (AvgIpc) is 2.81. The number of nitrogens with zero attached hydrogens (tertiary/aromatic N) is 2. The lowest BCUT2D eigenvalue weighted by Crippen LogP contribution is -2.13. The minimum absolute atomic E-state index is 0.210. The average molecular weight is 248 g/mol. The van der Waals surface area contributed by atoms with Crippen LogP contribution in [0.5, 0.6) is 0 Å². The number of benzene rings is 1. The van der Waals surface area contributed by atoms with Crippen LogP contribution in [0.4, 0.5) is 4.39 Å². The van der Waals surface area contributed by atoms with Gasteiger partial charge >= 0.3 is 5.97 Å². The Balaban J connectivity index is 2.48. The summed E-state index contributed by atoms with van der Waals surface area (Å²) in [5.41, 5.74) is 1.33. The Labute approximate surface area is 104 Å². The van der Waals surface area contributed by atoms with Gasteiger partial charge in [0.05, 0.1) is 12.8 Å². The van der Waals surface area contributed by atoms with Crippen molar-refractivity contribution in [2.75, 3.05) is 6.61 Å². The molecule has 0 saturated carbocycles. The lowest BCUT2D eigenvalue weighted by Gasteiger charge is -2.08. The first-order valence-electron chi connectivity index (χ1n) is 5.61. The van der Waals surface area contributed by atoms with Crippen molar-refractivity contribution in [2.24, 2.45) is 0 Å². The Bertz CT molecular complexity index is 578. The molecule has 0 unspecified atom stereocenters. The van der Waals surface area contributed by atoms with Gasteiger partial charge in [-0.15, -0.1) is 0 Å². The number of hydrogen-bond acceptors (Lipinski definition) is 3. The lowest BCUT2D eigenvalue weighted by molar-refractivity contribution is 0.0515.